The summed E-state index contributed by atoms with van der Waals surface area (Å²) in [5, 5.41) is 0.891. The van der Waals surface area contributed by atoms with Gasteiger partial charge in [0, 0.05) is 36.3 Å². The number of H-pyrrole nitrogens is 1. The van der Waals surface area contributed by atoms with Crippen LogP contribution in [0.3, 0.4) is 0 Å². The molecule has 0 spiro atoms. The maximum atomic E-state index is 13.3. The van der Waals surface area contributed by atoms with E-state index in [0.717, 1.165) is 30.4 Å². The van der Waals surface area contributed by atoms with Gasteiger partial charge in [-0.3, -0.25) is 9.59 Å². The van der Waals surface area contributed by atoms with E-state index in [2.05, 4.69) is 23.9 Å². The van der Waals surface area contributed by atoms with Gasteiger partial charge in [0.25, 0.3) is 0 Å². The van der Waals surface area contributed by atoms with E-state index < -0.39 is 0 Å². The van der Waals surface area contributed by atoms with Crippen LogP contribution in [0.15, 0.2) is 24.3 Å². The van der Waals surface area contributed by atoms with Crippen LogP contribution < -0.4 is 0 Å². The van der Waals surface area contributed by atoms with Crippen molar-refractivity contribution in [3.8, 4) is 0 Å². The molecule has 1 fully saturated rings. The van der Waals surface area contributed by atoms with Crippen LogP contribution in [0.5, 0.6) is 0 Å². The minimum Gasteiger partial charge on any atom is -0.351 e. The summed E-state index contributed by atoms with van der Waals surface area (Å²) in [7, 11) is 2.08. The third kappa shape index (κ3) is 2.16. The number of Topliss-reactive ketones (excluding diaryl/α,β-unsaturated/α-hetero) is 2. The maximum absolute atomic E-state index is 13.3. The predicted molar refractivity (Wildman–Crippen MR) is 89.8 cm³/mol. The lowest BCUT2D eigenvalue weighted by molar-refractivity contribution is 0.0519. The average molecular weight is 310 g/mol. The SMILES string of the molecule is CC[C@@H]1CN(C)C[C@@H]2C(=O)c3c([nH]c4ccccc34)C(=O)C[C@@H]12. The fourth-order valence-corrected chi connectivity index (χ4v) is 4.54. The molecule has 0 radical (unpaired) electrons. The maximum Gasteiger partial charge on any atom is 0.180 e. The zero-order chi connectivity index (χ0) is 16.1. The van der Waals surface area contributed by atoms with Crippen LogP contribution in [0.1, 0.15) is 40.6 Å². The molecule has 4 heteroatoms. The first-order chi connectivity index (χ1) is 11.1. The minimum absolute atomic E-state index is 0.0666. The Morgan fingerprint density at radius 3 is 2.78 bits per heavy atom. The number of nitrogens with one attached hydrogen (secondary N) is 1. The van der Waals surface area contributed by atoms with Gasteiger partial charge in [-0.1, -0.05) is 31.5 Å². The monoisotopic (exact) mass is 310 g/mol. The van der Waals surface area contributed by atoms with Crippen LogP contribution in [0, 0.1) is 17.8 Å². The highest BCUT2D eigenvalue weighted by atomic mass is 16.1. The molecule has 0 amide bonds. The smallest absolute Gasteiger partial charge is 0.180 e. The van der Waals surface area contributed by atoms with Crippen LogP contribution in [-0.2, 0) is 0 Å². The summed E-state index contributed by atoms with van der Waals surface area (Å²) in [4.78, 5) is 31.6. The van der Waals surface area contributed by atoms with Gasteiger partial charge in [0.1, 0.15) is 0 Å². The Bertz CT molecular complexity index is 792. The summed E-state index contributed by atoms with van der Waals surface area (Å²) in [6, 6.07) is 7.74. The van der Waals surface area contributed by atoms with Crippen molar-refractivity contribution in [2.24, 2.45) is 17.8 Å². The number of ketones is 2. The number of aromatic amines is 1. The Morgan fingerprint density at radius 2 is 2.00 bits per heavy atom. The van der Waals surface area contributed by atoms with E-state index in [1.165, 1.54) is 0 Å². The summed E-state index contributed by atoms with van der Waals surface area (Å²) >= 11 is 0. The van der Waals surface area contributed by atoms with Crippen molar-refractivity contribution in [1.82, 2.24) is 9.88 Å². The van der Waals surface area contributed by atoms with Crippen molar-refractivity contribution < 1.29 is 9.59 Å². The number of nitrogens with zero attached hydrogens (tertiary/aromatic N) is 1. The third-order valence-electron chi connectivity index (χ3n) is 5.69. The molecule has 0 saturated carbocycles. The van der Waals surface area contributed by atoms with Crippen LogP contribution in [0.2, 0.25) is 0 Å². The Hall–Kier alpha value is -1.94. The lowest BCUT2D eigenvalue weighted by Crippen LogP contribution is -2.47. The number of fused-ring (bicyclic) bond motifs is 4. The van der Waals surface area contributed by atoms with Crippen molar-refractivity contribution in [2.75, 3.05) is 20.1 Å². The Labute approximate surface area is 135 Å². The van der Waals surface area contributed by atoms with E-state index in [1.54, 1.807) is 0 Å². The molecule has 2 aliphatic rings. The van der Waals surface area contributed by atoms with Crippen molar-refractivity contribution in [1.29, 1.82) is 0 Å². The van der Waals surface area contributed by atoms with Crippen LogP contribution in [-0.4, -0.2) is 41.6 Å². The molecule has 3 atom stereocenters. The average Bonchev–Trinajstić information content (AvgIpc) is 2.90. The van der Waals surface area contributed by atoms with Gasteiger partial charge in [-0.25, -0.2) is 0 Å². The number of piperidine rings is 1. The number of hydrogen-bond donors (Lipinski definition) is 1. The number of rotatable bonds is 1. The first-order valence-corrected chi connectivity index (χ1v) is 8.46. The van der Waals surface area contributed by atoms with Crippen LogP contribution >= 0.6 is 0 Å². The molecular formula is C19H22N2O2. The molecule has 1 aliphatic carbocycles. The Balaban J connectivity index is 1.88. The first kappa shape index (κ1) is 14.6. The van der Waals surface area contributed by atoms with Crippen molar-refractivity contribution in [3.63, 3.8) is 0 Å². The summed E-state index contributed by atoms with van der Waals surface area (Å²) in [6.07, 6.45) is 1.50. The summed E-state index contributed by atoms with van der Waals surface area (Å²) in [5.41, 5.74) is 2.04. The summed E-state index contributed by atoms with van der Waals surface area (Å²) in [5.74, 6) is 0.777. The number of para-hydroxylation sites is 1. The van der Waals surface area contributed by atoms with Gasteiger partial charge >= 0.3 is 0 Å². The number of likely N-dealkylation sites (tertiary alicyclic amines) is 1. The van der Waals surface area contributed by atoms with Gasteiger partial charge in [-0.05, 0) is 24.9 Å². The highest BCUT2D eigenvalue weighted by molar-refractivity contribution is 6.18. The lowest BCUT2D eigenvalue weighted by atomic mass is 9.73. The topological polar surface area (TPSA) is 53.2 Å². The fourth-order valence-electron chi connectivity index (χ4n) is 4.54. The molecule has 1 N–H and O–H groups in total. The molecular weight excluding hydrogens is 288 g/mol. The molecule has 1 saturated heterocycles. The highest BCUT2D eigenvalue weighted by Gasteiger charge is 2.44. The van der Waals surface area contributed by atoms with Gasteiger partial charge in [-0.2, -0.15) is 0 Å². The first-order valence-electron chi connectivity index (χ1n) is 8.46. The Kier molecular flexibility index (Phi) is 3.38. The van der Waals surface area contributed by atoms with Crippen molar-refractivity contribution in [2.45, 2.75) is 19.8 Å². The fraction of sp³-hybridized carbons (Fsp3) is 0.474. The standard InChI is InChI=1S/C19H22N2O2/c1-3-11-9-21(2)10-14-13(11)8-16(22)18-17(19(14)23)12-6-4-5-7-15(12)20-18/h4-7,11,13-14,20H,3,8-10H2,1-2H3/t11-,13+,14+/m1/s1. The molecule has 120 valence electrons. The number of hydrogen-bond acceptors (Lipinski definition) is 3. The molecule has 4 rings (SSSR count). The molecule has 1 aromatic carbocycles. The molecule has 0 unspecified atom stereocenters. The van der Waals surface area contributed by atoms with Gasteiger partial charge in [-0.15, -0.1) is 0 Å². The highest BCUT2D eigenvalue weighted by Crippen LogP contribution is 2.40. The third-order valence-corrected chi connectivity index (χ3v) is 5.69. The quantitative estimate of drug-likeness (QED) is 0.880. The predicted octanol–water partition coefficient (Wildman–Crippen LogP) is 3.14. The van der Waals surface area contributed by atoms with E-state index in [4.69, 9.17) is 0 Å². The number of aromatic nitrogens is 1. The molecule has 23 heavy (non-hydrogen) atoms. The second kappa shape index (κ2) is 5.31. The van der Waals surface area contributed by atoms with E-state index in [-0.39, 0.29) is 23.4 Å². The van der Waals surface area contributed by atoms with Gasteiger partial charge in [0.2, 0.25) is 0 Å². The van der Waals surface area contributed by atoms with E-state index in [9.17, 15) is 9.59 Å². The van der Waals surface area contributed by atoms with Gasteiger partial charge in [0.05, 0.1) is 11.3 Å². The normalized spacial score (nSPS) is 28.5. The molecule has 4 nitrogen and oxygen atoms in total. The van der Waals surface area contributed by atoms with Gasteiger partial charge in [0.15, 0.2) is 11.6 Å². The number of benzene rings is 1. The molecule has 1 aliphatic heterocycles. The molecule has 2 heterocycles. The largest absolute Gasteiger partial charge is 0.351 e. The summed E-state index contributed by atoms with van der Waals surface area (Å²) in [6.45, 7) is 3.90. The van der Waals surface area contributed by atoms with Gasteiger partial charge < -0.3 is 9.88 Å². The molecule has 0 bridgehead atoms. The number of carbonyl (C=O) groups excluding carboxylic acids is 2. The van der Waals surface area contributed by atoms with E-state index in [0.29, 0.717) is 23.6 Å². The Morgan fingerprint density at radius 1 is 1.22 bits per heavy atom. The summed E-state index contributed by atoms with van der Waals surface area (Å²) < 4.78 is 0. The second-order valence-corrected chi connectivity index (χ2v) is 7.07. The zero-order valence-electron chi connectivity index (χ0n) is 13.6. The molecule has 1 aromatic heterocycles. The van der Waals surface area contributed by atoms with E-state index >= 15 is 0 Å². The zero-order valence-corrected chi connectivity index (χ0v) is 13.6. The second-order valence-electron chi connectivity index (χ2n) is 7.07. The minimum atomic E-state index is -0.0666. The van der Waals surface area contributed by atoms with Crippen molar-refractivity contribution in [3.05, 3.63) is 35.5 Å². The van der Waals surface area contributed by atoms with Crippen molar-refractivity contribution >= 4 is 22.5 Å². The lowest BCUT2D eigenvalue weighted by Gasteiger charge is -2.40. The molecule has 2 aromatic rings. The number of carbonyl (C=O) groups is 2. The van der Waals surface area contributed by atoms with Crippen LogP contribution in [0.25, 0.3) is 10.9 Å². The van der Waals surface area contributed by atoms with E-state index in [1.807, 2.05) is 24.3 Å². The van der Waals surface area contributed by atoms with Crippen LogP contribution in [0.4, 0.5) is 0 Å².